The van der Waals surface area contributed by atoms with Crippen molar-refractivity contribution in [2.24, 2.45) is 5.41 Å². The zero-order chi connectivity index (χ0) is 41.2. The van der Waals surface area contributed by atoms with Crippen LogP contribution >= 0.6 is 11.3 Å². The highest BCUT2D eigenvalue weighted by molar-refractivity contribution is 7.10. The van der Waals surface area contributed by atoms with E-state index in [0.717, 1.165) is 47.5 Å². The van der Waals surface area contributed by atoms with Gasteiger partial charge in [0.15, 0.2) is 0 Å². The molecular weight excluding hydrogens is 775 g/mol. The van der Waals surface area contributed by atoms with Crippen LogP contribution in [0.4, 0.5) is 26.3 Å². The first kappa shape index (κ1) is 41.8. The molecular formula is C41H44F6N4O5S. The monoisotopic (exact) mass is 818 g/mol. The van der Waals surface area contributed by atoms with E-state index >= 15 is 4.79 Å². The quantitative estimate of drug-likeness (QED) is 0.104. The van der Waals surface area contributed by atoms with Gasteiger partial charge in [-0.3, -0.25) is 14.6 Å². The molecule has 1 saturated carbocycles. The average molecular weight is 819 g/mol. The van der Waals surface area contributed by atoms with Gasteiger partial charge >= 0.3 is 12.4 Å². The maximum atomic E-state index is 15.0. The average Bonchev–Trinajstić information content (AvgIpc) is 3.84. The molecule has 4 heterocycles. The highest BCUT2D eigenvalue weighted by Gasteiger charge is 2.57. The first-order valence-corrected chi connectivity index (χ1v) is 19.9. The van der Waals surface area contributed by atoms with Crippen molar-refractivity contribution in [1.29, 1.82) is 5.26 Å². The van der Waals surface area contributed by atoms with Crippen LogP contribution in [-0.4, -0.2) is 69.6 Å². The summed E-state index contributed by atoms with van der Waals surface area (Å²) in [6.45, 7) is 5.83. The third-order valence-electron chi connectivity index (χ3n) is 11.6. The van der Waals surface area contributed by atoms with Gasteiger partial charge < -0.3 is 24.4 Å². The Bertz CT molecular complexity index is 2000. The van der Waals surface area contributed by atoms with Crippen LogP contribution in [0.2, 0.25) is 0 Å². The molecule has 9 nitrogen and oxygen atoms in total. The van der Waals surface area contributed by atoms with Gasteiger partial charge in [-0.2, -0.15) is 31.6 Å². The number of carbonyl (C=O) groups is 2. The number of aliphatic hydroxyl groups excluding tert-OH is 1. The predicted molar refractivity (Wildman–Crippen MR) is 199 cm³/mol. The van der Waals surface area contributed by atoms with E-state index in [-0.39, 0.29) is 68.7 Å². The molecule has 3 aliphatic rings. The summed E-state index contributed by atoms with van der Waals surface area (Å²) in [5, 5.41) is 21.7. The molecule has 6 rings (SSSR count). The number of thiophene rings is 1. The van der Waals surface area contributed by atoms with Gasteiger partial charge in [0.25, 0.3) is 11.8 Å². The van der Waals surface area contributed by atoms with E-state index in [2.05, 4.69) is 17.6 Å². The molecule has 1 aromatic carbocycles. The largest absolute Gasteiger partial charge is 0.512 e. The van der Waals surface area contributed by atoms with Crippen molar-refractivity contribution in [2.45, 2.75) is 101 Å². The standard InChI is InChI=1S/C41H44F6N4O5S/c1-3-9-32-39(56-28-24-33(57-25-28)41(45,46)47,14-7-20-51(32)35(53)34-30(40(42,43)44)11-6-19-49-34)36(54)50-21-17-38(26-48,18-22-50)29-10-4-5-12-31(29)55-23-8-13-37(15-16-37)27(2)52/h4-6,10-12,19,24-25,32,52H,2-3,7-9,13-18,20-23H2,1H3/t32-,39+/m1/s1. The predicted octanol–water partition coefficient (Wildman–Crippen LogP) is 9.50. The number of para-hydroxylation sites is 1. The van der Waals surface area contributed by atoms with E-state index in [1.807, 2.05) is 6.07 Å². The SMILES string of the molecule is C=C(O)C1(CCCOc2ccccc2C2(C#N)CCN(C(=O)[C@]3(Oc4csc(C(F)(F)F)c4)CCCN(C(=O)c4ncccc4C(F)(F)F)[C@@H]3CCC)CC2)CC1. The Morgan fingerprint density at radius 1 is 1.04 bits per heavy atom. The lowest BCUT2D eigenvalue weighted by molar-refractivity contribution is -0.160. The number of rotatable bonds is 13. The lowest BCUT2D eigenvalue weighted by atomic mass is 9.72. The zero-order valence-electron chi connectivity index (χ0n) is 31.4. The third-order valence-corrected chi connectivity index (χ3v) is 12.5. The van der Waals surface area contributed by atoms with Gasteiger partial charge in [0.2, 0.25) is 5.60 Å². The number of likely N-dealkylation sites (tertiary alicyclic amines) is 2. The number of hydrogen-bond acceptors (Lipinski definition) is 8. The normalized spacial score (nSPS) is 21.7. The van der Waals surface area contributed by atoms with E-state index in [4.69, 9.17) is 9.47 Å². The lowest BCUT2D eigenvalue weighted by Gasteiger charge is -2.51. The molecule has 3 fully saturated rings. The van der Waals surface area contributed by atoms with E-state index < -0.39 is 57.4 Å². The number of aromatic nitrogens is 1. The number of halogens is 6. The molecule has 2 amide bonds. The summed E-state index contributed by atoms with van der Waals surface area (Å²) in [7, 11) is 0. The first-order chi connectivity index (χ1) is 27.0. The van der Waals surface area contributed by atoms with Crippen LogP contribution in [-0.2, 0) is 22.6 Å². The van der Waals surface area contributed by atoms with E-state index in [9.17, 15) is 41.5 Å². The minimum atomic E-state index is -4.91. The summed E-state index contributed by atoms with van der Waals surface area (Å²) >= 11 is 0.375. The number of hydrogen-bond donors (Lipinski definition) is 1. The number of benzene rings is 1. The number of pyridine rings is 1. The van der Waals surface area contributed by atoms with Crippen LogP contribution in [0.15, 0.2) is 66.4 Å². The van der Waals surface area contributed by atoms with Crippen LogP contribution in [0.1, 0.15) is 97.6 Å². The second-order valence-electron chi connectivity index (χ2n) is 15.1. The van der Waals surface area contributed by atoms with Gasteiger partial charge in [0, 0.05) is 54.7 Å². The number of piperidine rings is 2. The Balaban J connectivity index is 1.29. The molecule has 1 aliphatic carbocycles. The molecule has 1 N–H and O–H groups in total. The Morgan fingerprint density at radius 3 is 2.37 bits per heavy atom. The van der Waals surface area contributed by atoms with Gasteiger partial charge in [-0.25, -0.2) is 0 Å². The van der Waals surface area contributed by atoms with E-state index in [1.165, 1.54) is 4.90 Å². The Labute approximate surface area is 330 Å². The minimum Gasteiger partial charge on any atom is -0.512 e. The van der Waals surface area contributed by atoms with Gasteiger partial charge in [-0.15, -0.1) is 11.3 Å². The lowest BCUT2D eigenvalue weighted by Crippen LogP contribution is -2.68. The first-order valence-electron chi connectivity index (χ1n) is 19.0. The second-order valence-corrected chi connectivity index (χ2v) is 16.0. The fourth-order valence-corrected chi connectivity index (χ4v) is 8.97. The maximum Gasteiger partial charge on any atom is 0.425 e. The molecule has 2 saturated heterocycles. The number of ether oxygens (including phenoxy) is 2. The highest BCUT2D eigenvalue weighted by Crippen LogP contribution is 2.54. The second kappa shape index (κ2) is 16.2. The molecule has 57 heavy (non-hydrogen) atoms. The van der Waals surface area contributed by atoms with Crippen LogP contribution < -0.4 is 9.47 Å². The molecule has 306 valence electrons. The molecule has 0 bridgehead atoms. The number of carbonyl (C=O) groups excluding carboxylic acids is 2. The van der Waals surface area contributed by atoms with Crippen molar-refractivity contribution in [1.82, 2.24) is 14.8 Å². The maximum absolute atomic E-state index is 15.0. The fraction of sp³-hybridized carbons (Fsp3) is 0.512. The van der Waals surface area contributed by atoms with E-state index in [1.54, 1.807) is 25.1 Å². The van der Waals surface area contributed by atoms with Crippen LogP contribution in [0.5, 0.6) is 11.5 Å². The Kier molecular flexibility index (Phi) is 11.9. The highest BCUT2D eigenvalue weighted by atomic mass is 32.1. The number of aliphatic hydroxyl groups is 1. The summed E-state index contributed by atoms with van der Waals surface area (Å²) < 4.78 is 96.0. The zero-order valence-corrected chi connectivity index (χ0v) is 32.2. The summed E-state index contributed by atoms with van der Waals surface area (Å²) in [4.78, 5) is 34.6. The molecule has 2 aromatic heterocycles. The van der Waals surface area contributed by atoms with Crippen molar-refractivity contribution < 1.29 is 50.5 Å². The van der Waals surface area contributed by atoms with Crippen LogP contribution in [0.25, 0.3) is 0 Å². The van der Waals surface area contributed by atoms with Gasteiger partial charge in [0.05, 0.1) is 35.5 Å². The van der Waals surface area contributed by atoms with Crippen molar-refractivity contribution in [3.63, 3.8) is 0 Å². The number of amides is 2. The summed E-state index contributed by atoms with van der Waals surface area (Å²) in [6.07, 6.45) is -4.61. The summed E-state index contributed by atoms with van der Waals surface area (Å²) in [5.74, 6) is -1.27. The molecule has 0 spiro atoms. The van der Waals surface area contributed by atoms with E-state index in [0.29, 0.717) is 48.5 Å². The van der Waals surface area contributed by atoms with Crippen molar-refractivity contribution >= 4 is 23.2 Å². The van der Waals surface area contributed by atoms with Crippen LogP contribution in [0.3, 0.4) is 0 Å². The summed E-state index contributed by atoms with van der Waals surface area (Å²) in [6, 6.07) is 11.0. The topological polar surface area (TPSA) is 116 Å². The van der Waals surface area contributed by atoms with Crippen molar-refractivity contribution in [2.75, 3.05) is 26.2 Å². The Hall–Kier alpha value is -4.78. The number of alkyl halides is 6. The third kappa shape index (κ3) is 8.44. The smallest absolute Gasteiger partial charge is 0.425 e. The van der Waals surface area contributed by atoms with Gasteiger partial charge in [-0.1, -0.05) is 38.1 Å². The molecule has 2 atom stereocenters. The number of allylic oxidation sites excluding steroid dienone is 1. The number of nitrogens with zero attached hydrogens (tertiary/aromatic N) is 4. The van der Waals surface area contributed by atoms with Crippen LogP contribution in [0, 0.1) is 16.7 Å². The number of nitriles is 1. The fourth-order valence-electron chi connectivity index (χ4n) is 8.29. The minimum absolute atomic E-state index is 0.0344. The van der Waals surface area contributed by atoms with Gasteiger partial charge in [-0.05, 0) is 69.6 Å². The molecule has 2 aliphatic heterocycles. The van der Waals surface area contributed by atoms with Crippen molar-refractivity contribution in [3.05, 3.63) is 88.1 Å². The molecule has 16 heteroatoms. The molecule has 0 unspecified atom stereocenters. The Morgan fingerprint density at radius 2 is 1.75 bits per heavy atom. The van der Waals surface area contributed by atoms with Crippen molar-refractivity contribution in [3.8, 4) is 17.6 Å². The molecule has 3 aromatic rings. The van der Waals surface area contributed by atoms with Gasteiger partial charge in [0.1, 0.15) is 22.1 Å². The summed E-state index contributed by atoms with van der Waals surface area (Å²) in [5.41, 5.74) is -4.77. The molecule has 0 radical (unpaired) electrons.